The Hall–Kier alpha value is -7.42. The van der Waals surface area contributed by atoms with E-state index < -0.39 is 0 Å². The van der Waals surface area contributed by atoms with E-state index in [0.29, 0.717) is 0 Å². The van der Waals surface area contributed by atoms with Crippen molar-refractivity contribution in [1.82, 2.24) is 0 Å². The molecule has 0 amide bonds. The third-order valence-electron chi connectivity index (χ3n) is 10.3. The number of hydrogen-bond donors (Lipinski definition) is 0. The molecule has 9 aromatic rings. The van der Waals surface area contributed by atoms with E-state index in [1.54, 1.807) is 0 Å². The summed E-state index contributed by atoms with van der Waals surface area (Å²) in [5, 5.41) is 4.93. The standard InChI is InChI=1S/C54H40N2.C2H6/c1-5-17-43(18-6-1)55(44-19-7-2-8-20-44)47-35-29-41(30-36-47)33-39-53-49-25-13-15-27-51(49)54(52-28-16-14-26-50(52)53)40-34-42-31-37-48(38-32-42)56(45-21-9-3-10-22-45)46-23-11-4-12-24-46;1-2/h1-40H;1-2H3/b39-33+,40-34+;. The molecule has 0 spiro atoms. The normalized spacial score (nSPS) is 11.1. The number of rotatable bonds is 10. The zero-order valence-electron chi connectivity index (χ0n) is 33.0. The van der Waals surface area contributed by atoms with Gasteiger partial charge in [0.2, 0.25) is 0 Å². The number of nitrogens with zero attached hydrogens (tertiary/aromatic N) is 2. The maximum absolute atomic E-state index is 2.29. The van der Waals surface area contributed by atoms with Gasteiger partial charge in [-0.2, -0.15) is 0 Å². The number of anilines is 6. The Bertz CT molecular complexity index is 2420. The van der Waals surface area contributed by atoms with E-state index in [9.17, 15) is 0 Å². The molecule has 9 aromatic carbocycles. The fourth-order valence-electron chi connectivity index (χ4n) is 7.59. The largest absolute Gasteiger partial charge is 0.311 e. The minimum atomic E-state index is 1.12. The summed E-state index contributed by atoms with van der Waals surface area (Å²) in [6.07, 6.45) is 9.03. The first-order valence-corrected chi connectivity index (χ1v) is 20.1. The van der Waals surface area contributed by atoms with Gasteiger partial charge >= 0.3 is 0 Å². The highest BCUT2D eigenvalue weighted by Gasteiger charge is 2.14. The lowest BCUT2D eigenvalue weighted by atomic mass is 9.91. The van der Waals surface area contributed by atoms with Crippen LogP contribution in [0, 0.1) is 0 Å². The highest BCUT2D eigenvalue weighted by molar-refractivity contribution is 6.14. The fraction of sp³-hybridized carbons (Fsp3) is 0.0357. The number of fused-ring (bicyclic) bond motifs is 2. The SMILES string of the molecule is C(=C\c1c2ccccc2c(/C=C/c2ccc(N(c3ccccc3)c3ccccc3)cc2)c2ccccc12)/c1ccc(N(c2ccccc2)c2ccccc2)cc1.CC. The van der Waals surface area contributed by atoms with Crippen LogP contribution < -0.4 is 9.80 Å². The second-order valence-corrected chi connectivity index (χ2v) is 13.8. The van der Waals surface area contributed by atoms with Crippen LogP contribution in [0.25, 0.3) is 45.8 Å². The zero-order chi connectivity index (χ0) is 39.5. The molecule has 2 nitrogen and oxygen atoms in total. The minimum absolute atomic E-state index is 1.12. The van der Waals surface area contributed by atoms with E-state index in [-0.39, 0.29) is 0 Å². The summed E-state index contributed by atoms with van der Waals surface area (Å²) in [5.41, 5.74) is 11.5. The Morgan fingerprint density at radius 1 is 0.241 bits per heavy atom. The molecule has 0 aliphatic carbocycles. The van der Waals surface area contributed by atoms with Crippen LogP contribution in [0.4, 0.5) is 34.1 Å². The molecule has 0 unspecified atom stereocenters. The highest BCUT2D eigenvalue weighted by atomic mass is 15.1. The van der Waals surface area contributed by atoms with Gasteiger partial charge in [0.15, 0.2) is 0 Å². The van der Waals surface area contributed by atoms with Gasteiger partial charge in [-0.25, -0.2) is 0 Å². The molecule has 0 aliphatic heterocycles. The lowest BCUT2D eigenvalue weighted by Crippen LogP contribution is -2.09. The maximum Gasteiger partial charge on any atom is 0.0462 e. The molecule has 9 rings (SSSR count). The van der Waals surface area contributed by atoms with Crippen molar-refractivity contribution in [2.24, 2.45) is 0 Å². The molecule has 0 aliphatic rings. The fourth-order valence-corrected chi connectivity index (χ4v) is 7.59. The van der Waals surface area contributed by atoms with Gasteiger partial charge < -0.3 is 9.80 Å². The Balaban J connectivity index is 0.00000231. The lowest BCUT2D eigenvalue weighted by Gasteiger charge is -2.25. The van der Waals surface area contributed by atoms with E-state index in [1.807, 2.05) is 13.8 Å². The second kappa shape index (κ2) is 18.0. The van der Waals surface area contributed by atoms with Crippen LogP contribution in [0.2, 0.25) is 0 Å². The summed E-state index contributed by atoms with van der Waals surface area (Å²) < 4.78 is 0. The molecule has 0 aromatic heterocycles. The average molecular weight is 747 g/mol. The van der Waals surface area contributed by atoms with Gasteiger partial charge in [-0.3, -0.25) is 0 Å². The monoisotopic (exact) mass is 746 g/mol. The average Bonchev–Trinajstić information content (AvgIpc) is 3.31. The van der Waals surface area contributed by atoms with Crippen molar-refractivity contribution in [3.63, 3.8) is 0 Å². The summed E-state index contributed by atoms with van der Waals surface area (Å²) in [4.78, 5) is 4.58. The molecule has 0 radical (unpaired) electrons. The number of hydrogen-bond acceptors (Lipinski definition) is 2. The van der Waals surface area contributed by atoms with Crippen LogP contribution in [0.5, 0.6) is 0 Å². The molecule has 0 heterocycles. The van der Waals surface area contributed by atoms with Crippen molar-refractivity contribution in [3.05, 3.63) is 241 Å². The molecule has 0 atom stereocenters. The molecule has 2 heteroatoms. The smallest absolute Gasteiger partial charge is 0.0462 e. The molecule has 0 fully saturated rings. The van der Waals surface area contributed by atoms with Crippen LogP contribution in [0.3, 0.4) is 0 Å². The molecule has 0 saturated heterocycles. The predicted octanol–water partition coefficient (Wildman–Crippen LogP) is 16.3. The van der Waals surface area contributed by atoms with Gasteiger partial charge in [-0.1, -0.05) is 184 Å². The Kier molecular flexibility index (Phi) is 11.7. The van der Waals surface area contributed by atoms with Crippen molar-refractivity contribution < 1.29 is 0 Å². The van der Waals surface area contributed by atoms with Crippen molar-refractivity contribution >= 4 is 80.0 Å². The Morgan fingerprint density at radius 3 is 0.724 bits per heavy atom. The number of para-hydroxylation sites is 4. The Labute approximate surface area is 342 Å². The molecular weight excluding hydrogens is 701 g/mol. The van der Waals surface area contributed by atoms with Gasteiger partial charge in [0.25, 0.3) is 0 Å². The van der Waals surface area contributed by atoms with Crippen LogP contribution in [0.1, 0.15) is 36.1 Å². The third kappa shape index (κ3) is 8.09. The second-order valence-electron chi connectivity index (χ2n) is 13.8. The van der Waals surface area contributed by atoms with Crippen LogP contribution in [-0.4, -0.2) is 0 Å². The first kappa shape index (κ1) is 37.5. The molecule has 280 valence electrons. The quantitative estimate of drug-likeness (QED) is 0.102. The summed E-state index contributed by atoms with van der Waals surface area (Å²) >= 11 is 0. The van der Waals surface area contributed by atoms with E-state index in [4.69, 9.17) is 0 Å². The number of benzene rings is 9. The van der Waals surface area contributed by atoms with Crippen molar-refractivity contribution in [1.29, 1.82) is 0 Å². The lowest BCUT2D eigenvalue weighted by molar-refractivity contribution is 1.28. The van der Waals surface area contributed by atoms with Crippen LogP contribution in [0.15, 0.2) is 218 Å². The molecule has 0 saturated carbocycles. The summed E-state index contributed by atoms with van der Waals surface area (Å²) in [6, 6.07) is 77.3. The molecular formula is C56H46N2. The molecule has 0 N–H and O–H groups in total. The first-order chi connectivity index (χ1) is 28.8. The van der Waals surface area contributed by atoms with Gasteiger partial charge in [0.1, 0.15) is 0 Å². The van der Waals surface area contributed by atoms with Gasteiger partial charge in [0.05, 0.1) is 0 Å². The van der Waals surface area contributed by atoms with Crippen LogP contribution >= 0.6 is 0 Å². The summed E-state index contributed by atoms with van der Waals surface area (Å²) in [6.45, 7) is 4.00. The zero-order valence-corrected chi connectivity index (χ0v) is 33.0. The van der Waals surface area contributed by atoms with Gasteiger partial charge in [0, 0.05) is 34.1 Å². The molecule has 0 bridgehead atoms. The first-order valence-electron chi connectivity index (χ1n) is 20.1. The van der Waals surface area contributed by atoms with Crippen molar-refractivity contribution in [2.75, 3.05) is 9.80 Å². The Morgan fingerprint density at radius 2 is 0.466 bits per heavy atom. The van der Waals surface area contributed by atoms with E-state index >= 15 is 0 Å². The van der Waals surface area contributed by atoms with Crippen molar-refractivity contribution in [3.8, 4) is 0 Å². The van der Waals surface area contributed by atoms with Crippen molar-refractivity contribution in [2.45, 2.75) is 13.8 Å². The summed E-state index contributed by atoms with van der Waals surface area (Å²) in [5.74, 6) is 0. The van der Waals surface area contributed by atoms with Crippen LogP contribution in [-0.2, 0) is 0 Å². The third-order valence-corrected chi connectivity index (χ3v) is 10.3. The summed E-state index contributed by atoms with van der Waals surface area (Å²) in [7, 11) is 0. The van der Waals surface area contributed by atoms with Gasteiger partial charge in [-0.15, -0.1) is 0 Å². The maximum atomic E-state index is 2.29. The topological polar surface area (TPSA) is 6.48 Å². The highest BCUT2D eigenvalue weighted by Crippen LogP contribution is 2.38. The van der Waals surface area contributed by atoms with E-state index in [0.717, 1.165) is 45.3 Å². The van der Waals surface area contributed by atoms with E-state index in [1.165, 1.54) is 32.7 Å². The predicted molar refractivity (Wildman–Crippen MR) is 253 cm³/mol. The molecule has 58 heavy (non-hydrogen) atoms. The van der Waals surface area contributed by atoms with E-state index in [2.05, 4.69) is 252 Å². The van der Waals surface area contributed by atoms with Gasteiger partial charge in [-0.05, 0) is 117 Å². The minimum Gasteiger partial charge on any atom is -0.311 e.